The van der Waals surface area contributed by atoms with Crippen LogP contribution in [0.15, 0.2) is 30.5 Å². The van der Waals surface area contributed by atoms with Crippen LogP contribution in [0.5, 0.6) is 0 Å². The molecule has 38 heavy (non-hydrogen) atoms. The minimum absolute atomic E-state index is 0.0736. The van der Waals surface area contributed by atoms with Crippen LogP contribution in [0.1, 0.15) is 35.3 Å². The van der Waals surface area contributed by atoms with E-state index in [1.165, 1.54) is 0 Å². The number of carbonyl (C=O) groups excluding carboxylic acids is 1. The molecule has 0 bridgehead atoms. The van der Waals surface area contributed by atoms with Crippen LogP contribution >= 0.6 is 0 Å². The van der Waals surface area contributed by atoms with Crippen molar-refractivity contribution in [2.24, 2.45) is 0 Å². The van der Waals surface area contributed by atoms with Crippen LogP contribution in [-0.2, 0) is 4.74 Å². The molecular formula is C27H31F3N6O2. The highest BCUT2D eigenvalue weighted by Gasteiger charge is 2.29. The van der Waals surface area contributed by atoms with Crippen LogP contribution in [0, 0.1) is 17.5 Å². The number of likely N-dealkylation sites (tertiary alicyclic amines) is 1. The summed E-state index contributed by atoms with van der Waals surface area (Å²) >= 11 is 0. The van der Waals surface area contributed by atoms with Gasteiger partial charge < -0.3 is 24.8 Å². The number of hydrogen-bond donors (Lipinski definition) is 1. The van der Waals surface area contributed by atoms with Gasteiger partial charge in [0.05, 0.1) is 36.5 Å². The van der Waals surface area contributed by atoms with E-state index in [9.17, 15) is 18.0 Å². The summed E-state index contributed by atoms with van der Waals surface area (Å²) in [6.07, 6.45) is 2.58. The number of nitrogens with zero attached hydrogens (tertiary/aromatic N) is 5. The van der Waals surface area contributed by atoms with Crippen molar-refractivity contribution in [3.05, 3.63) is 59.0 Å². The van der Waals surface area contributed by atoms with Gasteiger partial charge in [-0.15, -0.1) is 0 Å². The fourth-order valence-corrected chi connectivity index (χ4v) is 5.03. The van der Waals surface area contributed by atoms with E-state index in [4.69, 9.17) is 9.72 Å². The van der Waals surface area contributed by atoms with Crippen molar-refractivity contribution in [3.8, 4) is 0 Å². The molecule has 11 heteroatoms. The number of ether oxygens (including phenoxy) is 1. The summed E-state index contributed by atoms with van der Waals surface area (Å²) in [6.45, 7) is 5.60. The first kappa shape index (κ1) is 26.2. The van der Waals surface area contributed by atoms with Crippen LogP contribution in [0.25, 0.3) is 11.0 Å². The molecule has 1 aromatic heterocycles. The highest BCUT2D eigenvalue weighted by Crippen LogP contribution is 2.30. The minimum atomic E-state index is -1.52. The summed E-state index contributed by atoms with van der Waals surface area (Å²) in [5.74, 6) is -3.52. The first-order chi connectivity index (χ1) is 18.2. The minimum Gasteiger partial charge on any atom is -0.378 e. The number of likely N-dealkylation sites (N-methyl/N-ethyl adjacent to an activating group) is 1. The zero-order valence-corrected chi connectivity index (χ0v) is 21.7. The van der Waals surface area contributed by atoms with E-state index in [0.717, 1.165) is 18.6 Å². The molecule has 2 aliphatic rings. The molecule has 1 N–H and O–H groups in total. The Labute approximate surface area is 219 Å². The van der Waals surface area contributed by atoms with Crippen molar-refractivity contribution in [3.63, 3.8) is 0 Å². The molecular weight excluding hydrogens is 497 g/mol. The fraction of sp³-hybridized carbons (Fsp3) is 0.444. The number of benzene rings is 2. The second-order valence-electron chi connectivity index (χ2n) is 10.0. The van der Waals surface area contributed by atoms with Gasteiger partial charge in [0.2, 0.25) is 0 Å². The first-order valence-corrected chi connectivity index (χ1v) is 12.7. The topological polar surface area (TPSA) is 73.8 Å². The van der Waals surface area contributed by atoms with E-state index in [1.807, 2.05) is 19.0 Å². The van der Waals surface area contributed by atoms with Gasteiger partial charge in [0.1, 0.15) is 5.82 Å². The average molecular weight is 529 g/mol. The zero-order valence-electron chi connectivity index (χ0n) is 21.7. The van der Waals surface area contributed by atoms with Gasteiger partial charge in [-0.1, -0.05) is 0 Å². The summed E-state index contributed by atoms with van der Waals surface area (Å²) in [5.41, 5.74) is 2.29. The molecule has 0 aliphatic carbocycles. The molecule has 202 valence electrons. The number of anilines is 2. The Morgan fingerprint density at radius 2 is 1.82 bits per heavy atom. The van der Waals surface area contributed by atoms with E-state index in [1.54, 1.807) is 25.3 Å². The van der Waals surface area contributed by atoms with Gasteiger partial charge in [0.25, 0.3) is 5.91 Å². The van der Waals surface area contributed by atoms with Crippen molar-refractivity contribution >= 4 is 28.4 Å². The molecule has 2 atom stereocenters. The molecule has 2 fully saturated rings. The zero-order chi connectivity index (χ0) is 27.0. The van der Waals surface area contributed by atoms with Gasteiger partial charge in [-0.25, -0.2) is 18.2 Å². The lowest BCUT2D eigenvalue weighted by Gasteiger charge is -2.28. The maximum atomic E-state index is 13.9. The number of carbonyl (C=O) groups is 1. The van der Waals surface area contributed by atoms with Crippen LogP contribution in [0.3, 0.4) is 0 Å². The molecule has 2 unspecified atom stereocenters. The number of hydrogen-bond acceptors (Lipinski definition) is 7. The van der Waals surface area contributed by atoms with Gasteiger partial charge in [0, 0.05) is 61.2 Å². The fourth-order valence-electron chi connectivity index (χ4n) is 5.03. The van der Waals surface area contributed by atoms with Crippen LogP contribution < -0.4 is 10.2 Å². The predicted molar refractivity (Wildman–Crippen MR) is 139 cm³/mol. The van der Waals surface area contributed by atoms with E-state index >= 15 is 0 Å². The number of amides is 1. The Hall–Kier alpha value is -3.44. The van der Waals surface area contributed by atoms with Crippen LogP contribution in [0.4, 0.5) is 24.7 Å². The summed E-state index contributed by atoms with van der Waals surface area (Å²) in [4.78, 5) is 29.0. The van der Waals surface area contributed by atoms with Crippen LogP contribution in [0.2, 0.25) is 0 Å². The number of rotatable bonds is 6. The molecule has 0 saturated carbocycles. The molecule has 2 aliphatic heterocycles. The van der Waals surface area contributed by atoms with Gasteiger partial charge in [-0.05, 0) is 39.6 Å². The van der Waals surface area contributed by atoms with Crippen molar-refractivity contribution in [2.45, 2.75) is 25.4 Å². The summed E-state index contributed by atoms with van der Waals surface area (Å²) in [5, 5.41) is 3.04. The Morgan fingerprint density at radius 3 is 2.47 bits per heavy atom. The Kier molecular flexibility index (Phi) is 7.40. The smallest absolute Gasteiger partial charge is 0.253 e. The summed E-state index contributed by atoms with van der Waals surface area (Å²) in [6, 6.07) is 5.07. The van der Waals surface area contributed by atoms with Crippen molar-refractivity contribution in [1.29, 1.82) is 0 Å². The second-order valence-corrected chi connectivity index (χ2v) is 10.0. The monoisotopic (exact) mass is 528 g/mol. The average Bonchev–Trinajstić information content (AvgIpc) is 3.41. The van der Waals surface area contributed by atoms with Crippen LogP contribution in [-0.4, -0.2) is 85.2 Å². The number of aromatic nitrogens is 2. The maximum absolute atomic E-state index is 13.9. The van der Waals surface area contributed by atoms with Gasteiger partial charge in [-0.2, -0.15) is 0 Å². The van der Waals surface area contributed by atoms with Gasteiger partial charge in [-0.3, -0.25) is 9.78 Å². The lowest BCUT2D eigenvalue weighted by atomic mass is 10.0. The molecule has 3 heterocycles. The SMILES string of the molecule is CC(Nc1cc(F)c(F)c(F)c1)c1cc(C(=O)N2CCC(N(C)C)C2)cc2ncc(N3CCOCC3)nc12. The Morgan fingerprint density at radius 1 is 1.11 bits per heavy atom. The molecule has 5 rings (SSSR count). The molecule has 2 saturated heterocycles. The van der Waals surface area contributed by atoms with Crippen molar-refractivity contribution in [1.82, 2.24) is 19.8 Å². The van der Waals surface area contributed by atoms with E-state index in [0.29, 0.717) is 73.4 Å². The standard InChI is InChI=1S/C27H31F3N6O2/c1-16(32-18-12-21(28)25(30)22(29)13-18)20-10-17(27(37)36-5-4-19(15-36)34(2)3)11-23-26(20)33-24(14-31-23)35-6-8-38-9-7-35/h10-14,16,19,32H,4-9,15H2,1-3H3. The summed E-state index contributed by atoms with van der Waals surface area (Å²) < 4.78 is 46.7. The van der Waals surface area contributed by atoms with Crippen molar-refractivity contribution in [2.75, 3.05) is 63.7 Å². The van der Waals surface area contributed by atoms with Gasteiger partial charge in [0.15, 0.2) is 17.5 Å². The number of morpholine rings is 1. The third kappa shape index (κ3) is 5.25. The quantitative estimate of drug-likeness (QED) is 0.488. The lowest BCUT2D eigenvalue weighted by Crippen LogP contribution is -2.36. The number of nitrogens with one attached hydrogen (secondary N) is 1. The summed E-state index contributed by atoms with van der Waals surface area (Å²) in [7, 11) is 4.01. The molecule has 8 nitrogen and oxygen atoms in total. The van der Waals surface area contributed by atoms with Gasteiger partial charge >= 0.3 is 0 Å². The third-order valence-electron chi connectivity index (χ3n) is 7.26. The van der Waals surface area contributed by atoms with E-state index < -0.39 is 23.5 Å². The molecule has 0 spiro atoms. The lowest BCUT2D eigenvalue weighted by molar-refractivity contribution is 0.0783. The highest BCUT2D eigenvalue weighted by atomic mass is 19.2. The Bertz CT molecular complexity index is 1320. The molecule has 1 amide bonds. The third-order valence-corrected chi connectivity index (χ3v) is 7.26. The predicted octanol–water partition coefficient (Wildman–Crippen LogP) is 3.83. The molecule has 0 radical (unpaired) electrons. The van der Waals surface area contributed by atoms with Crippen molar-refractivity contribution < 1.29 is 22.7 Å². The largest absolute Gasteiger partial charge is 0.378 e. The second kappa shape index (κ2) is 10.7. The number of halogens is 3. The highest BCUT2D eigenvalue weighted by molar-refractivity contribution is 5.98. The first-order valence-electron chi connectivity index (χ1n) is 12.7. The normalized spacial score (nSPS) is 18.9. The molecule has 3 aromatic rings. The maximum Gasteiger partial charge on any atom is 0.253 e. The van der Waals surface area contributed by atoms with E-state index in [2.05, 4.69) is 20.1 Å². The molecule has 2 aromatic carbocycles. The Balaban J connectivity index is 1.53. The number of fused-ring (bicyclic) bond motifs is 1. The van der Waals surface area contributed by atoms with E-state index in [-0.39, 0.29) is 11.6 Å².